The molecule has 1 amide bonds. The standard InChI is InChI=1S/C23H23N3O6S/c1-13-14(2)25-32-22(13)26-33(29,30)17-8-6-16(7-9-17)24-21(28)15-5-10-20-18(11-15)19(27)12-23(3,4)31-20/h5-11,26H,12H2,1-4H3,(H,24,28). The van der Waals surface area contributed by atoms with Gasteiger partial charge in [-0.2, -0.15) is 0 Å². The van der Waals surface area contributed by atoms with Gasteiger partial charge in [0.25, 0.3) is 15.9 Å². The molecule has 3 aromatic rings. The lowest BCUT2D eigenvalue weighted by molar-refractivity contribution is 0.0620. The van der Waals surface area contributed by atoms with Gasteiger partial charge in [0.1, 0.15) is 11.4 Å². The largest absolute Gasteiger partial charge is 0.487 e. The number of fused-ring (bicyclic) bond motifs is 1. The lowest BCUT2D eigenvalue weighted by atomic mass is 9.92. The number of hydrogen-bond donors (Lipinski definition) is 2. The van der Waals surface area contributed by atoms with E-state index in [4.69, 9.17) is 9.26 Å². The van der Waals surface area contributed by atoms with Crippen LogP contribution in [0.25, 0.3) is 0 Å². The highest BCUT2D eigenvalue weighted by Gasteiger charge is 2.32. The van der Waals surface area contributed by atoms with Gasteiger partial charge in [-0.15, -0.1) is 0 Å². The van der Waals surface area contributed by atoms with Crippen LogP contribution in [0.3, 0.4) is 0 Å². The molecule has 33 heavy (non-hydrogen) atoms. The van der Waals surface area contributed by atoms with Crippen LogP contribution in [0.1, 0.15) is 52.2 Å². The molecule has 1 aliphatic rings. The Morgan fingerprint density at radius 2 is 1.79 bits per heavy atom. The van der Waals surface area contributed by atoms with Gasteiger partial charge in [-0.05, 0) is 70.2 Å². The van der Waals surface area contributed by atoms with E-state index in [2.05, 4.69) is 15.2 Å². The van der Waals surface area contributed by atoms with Crippen molar-refractivity contribution in [2.45, 2.75) is 44.6 Å². The molecule has 0 spiro atoms. The first-order chi connectivity index (χ1) is 15.4. The van der Waals surface area contributed by atoms with E-state index in [0.29, 0.717) is 33.8 Å². The fourth-order valence-corrected chi connectivity index (χ4v) is 4.45. The number of sulfonamides is 1. The minimum absolute atomic E-state index is 0.00640. The quantitative estimate of drug-likeness (QED) is 0.576. The van der Waals surface area contributed by atoms with E-state index < -0.39 is 21.5 Å². The third kappa shape index (κ3) is 4.61. The van der Waals surface area contributed by atoms with Crippen LogP contribution in [0.15, 0.2) is 51.9 Å². The van der Waals surface area contributed by atoms with Gasteiger partial charge in [0.2, 0.25) is 5.88 Å². The zero-order valence-electron chi connectivity index (χ0n) is 18.6. The van der Waals surface area contributed by atoms with Crippen molar-refractivity contribution in [1.82, 2.24) is 5.16 Å². The van der Waals surface area contributed by atoms with Crippen molar-refractivity contribution < 1.29 is 27.3 Å². The number of hydrogen-bond acceptors (Lipinski definition) is 7. The smallest absolute Gasteiger partial charge is 0.264 e. The average molecular weight is 470 g/mol. The number of aromatic nitrogens is 1. The SMILES string of the molecule is Cc1noc(NS(=O)(=O)c2ccc(NC(=O)c3ccc4c(c3)C(=O)CC(C)(C)O4)cc2)c1C. The molecule has 4 rings (SSSR count). The van der Waals surface area contributed by atoms with Crippen LogP contribution in [0, 0.1) is 13.8 Å². The van der Waals surface area contributed by atoms with E-state index in [-0.39, 0.29) is 23.0 Å². The number of rotatable bonds is 5. The molecule has 0 unspecified atom stereocenters. The highest BCUT2D eigenvalue weighted by molar-refractivity contribution is 7.92. The number of carbonyl (C=O) groups excluding carboxylic acids is 2. The first-order valence-corrected chi connectivity index (χ1v) is 11.7. The molecule has 0 aliphatic carbocycles. The Balaban J connectivity index is 1.48. The molecule has 1 aliphatic heterocycles. The second-order valence-corrected chi connectivity index (χ2v) is 10.2. The number of ketones is 1. The van der Waals surface area contributed by atoms with Gasteiger partial charge in [-0.3, -0.25) is 9.59 Å². The zero-order valence-corrected chi connectivity index (χ0v) is 19.4. The van der Waals surface area contributed by atoms with Crippen LogP contribution in [0.5, 0.6) is 5.75 Å². The number of benzene rings is 2. The molecule has 0 atom stereocenters. The molecule has 0 radical (unpaired) electrons. The maximum Gasteiger partial charge on any atom is 0.264 e. The highest BCUT2D eigenvalue weighted by Crippen LogP contribution is 2.33. The number of nitrogens with zero attached hydrogens (tertiary/aromatic N) is 1. The molecular weight excluding hydrogens is 446 g/mol. The maximum atomic E-state index is 12.7. The molecule has 1 aromatic heterocycles. The Bertz CT molecular complexity index is 1360. The fraction of sp³-hybridized carbons (Fsp3) is 0.261. The third-order valence-electron chi connectivity index (χ3n) is 5.32. The molecule has 172 valence electrons. The van der Waals surface area contributed by atoms with Crippen LogP contribution >= 0.6 is 0 Å². The summed E-state index contributed by atoms with van der Waals surface area (Å²) in [6.07, 6.45) is 0.224. The number of carbonyl (C=O) groups is 2. The van der Waals surface area contributed by atoms with E-state index in [1.54, 1.807) is 26.0 Å². The van der Waals surface area contributed by atoms with E-state index in [1.807, 2.05) is 13.8 Å². The van der Waals surface area contributed by atoms with Crippen molar-refractivity contribution in [2.24, 2.45) is 0 Å². The van der Waals surface area contributed by atoms with Gasteiger partial charge in [0.05, 0.1) is 22.6 Å². The van der Waals surface area contributed by atoms with Crippen molar-refractivity contribution in [3.8, 4) is 5.75 Å². The van der Waals surface area contributed by atoms with Crippen LogP contribution in [0.4, 0.5) is 11.6 Å². The number of amides is 1. The average Bonchev–Trinajstić information content (AvgIpc) is 3.04. The molecule has 10 heteroatoms. The minimum Gasteiger partial charge on any atom is -0.487 e. The topological polar surface area (TPSA) is 128 Å². The first-order valence-electron chi connectivity index (χ1n) is 10.2. The van der Waals surface area contributed by atoms with Gasteiger partial charge >= 0.3 is 0 Å². The number of ether oxygens (including phenoxy) is 1. The number of anilines is 2. The second-order valence-electron chi connectivity index (χ2n) is 8.48. The molecule has 2 heterocycles. The molecule has 0 saturated heterocycles. The van der Waals surface area contributed by atoms with Crippen molar-refractivity contribution in [3.05, 3.63) is 64.8 Å². The van der Waals surface area contributed by atoms with Gasteiger partial charge in [-0.25, -0.2) is 13.1 Å². The van der Waals surface area contributed by atoms with Crippen LogP contribution in [0.2, 0.25) is 0 Å². The van der Waals surface area contributed by atoms with Crippen LogP contribution in [-0.4, -0.2) is 30.9 Å². The molecule has 0 saturated carbocycles. The number of aryl methyl sites for hydroxylation is 1. The molecule has 0 bridgehead atoms. The van der Waals surface area contributed by atoms with Crippen molar-refractivity contribution >= 4 is 33.3 Å². The van der Waals surface area contributed by atoms with Crippen LogP contribution in [-0.2, 0) is 10.0 Å². The minimum atomic E-state index is -3.89. The molecule has 2 aromatic carbocycles. The van der Waals surface area contributed by atoms with Crippen molar-refractivity contribution in [2.75, 3.05) is 10.0 Å². The van der Waals surface area contributed by atoms with E-state index in [1.165, 1.54) is 30.3 Å². The highest BCUT2D eigenvalue weighted by atomic mass is 32.2. The Hall–Kier alpha value is -3.66. The fourth-order valence-electron chi connectivity index (χ4n) is 3.41. The lowest BCUT2D eigenvalue weighted by Gasteiger charge is -2.31. The van der Waals surface area contributed by atoms with E-state index >= 15 is 0 Å². The summed E-state index contributed by atoms with van der Waals surface area (Å²) in [5.41, 5.74) is 1.65. The molecule has 2 N–H and O–H groups in total. The Morgan fingerprint density at radius 1 is 1.09 bits per heavy atom. The van der Waals surface area contributed by atoms with E-state index in [9.17, 15) is 18.0 Å². The van der Waals surface area contributed by atoms with Crippen molar-refractivity contribution in [3.63, 3.8) is 0 Å². The first kappa shape index (κ1) is 22.5. The Labute approximate surface area is 191 Å². The Morgan fingerprint density at radius 3 is 2.42 bits per heavy atom. The Kier molecular flexibility index (Phi) is 5.49. The zero-order chi connectivity index (χ0) is 24.0. The summed E-state index contributed by atoms with van der Waals surface area (Å²) < 4.78 is 38.4. The predicted molar refractivity (Wildman–Crippen MR) is 121 cm³/mol. The molecule has 9 nitrogen and oxygen atoms in total. The second kappa shape index (κ2) is 8.04. The van der Waals surface area contributed by atoms with E-state index in [0.717, 1.165) is 0 Å². The monoisotopic (exact) mass is 469 g/mol. The normalized spacial score (nSPS) is 14.8. The summed E-state index contributed by atoms with van der Waals surface area (Å²) >= 11 is 0. The van der Waals surface area contributed by atoms with Gasteiger partial charge in [0, 0.05) is 16.8 Å². The predicted octanol–water partition coefficient (Wildman–Crippen LogP) is 4.09. The van der Waals surface area contributed by atoms with Crippen LogP contribution < -0.4 is 14.8 Å². The maximum absolute atomic E-state index is 12.7. The lowest BCUT2D eigenvalue weighted by Crippen LogP contribution is -2.36. The number of Topliss-reactive ketones (excluding diaryl/α,β-unsaturated/α-hetero) is 1. The summed E-state index contributed by atoms with van der Waals surface area (Å²) in [7, 11) is -3.89. The summed E-state index contributed by atoms with van der Waals surface area (Å²) in [6.45, 7) is 7.08. The summed E-state index contributed by atoms with van der Waals surface area (Å²) in [5, 5.41) is 6.43. The third-order valence-corrected chi connectivity index (χ3v) is 6.67. The van der Waals surface area contributed by atoms with Gasteiger partial charge < -0.3 is 14.6 Å². The molecular formula is C23H23N3O6S. The summed E-state index contributed by atoms with van der Waals surface area (Å²) in [4.78, 5) is 25.1. The summed E-state index contributed by atoms with van der Waals surface area (Å²) in [5.74, 6) is -0.0154. The van der Waals surface area contributed by atoms with Gasteiger partial charge in [0.15, 0.2) is 5.78 Å². The van der Waals surface area contributed by atoms with Crippen molar-refractivity contribution in [1.29, 1.82) is 0 Å². The number of nitrogens with one attached hydrogen (secondary N) is 2. The molecule has 0 fully saturated rings. The summed E-state index contributed by atoms with van der Waals surface area (Å²) in [6, 6.07) is 10.4. The van der Waals surface area contributed by atoms with Gasteiger partial charge in [-0.1, -0.05) is 5.16 Å².